The fourth-order valence-corrected chi connectivity index (χ4v) is 2.37. The van der Waals surface area contributed by atoms with Crippen LogP contribution in [0.3, 0.4) is 0 Å². The van der Waals surface area contributed by atoms with E-state index in [9.17, 15) is 13.2 Å². The zero-order valence-electron chi connectivity index (χ0n) is 10.4. The van der Waals surface area contributed by atoms with Crippen LogP contribution in [0.2, 0.25) is 0 Å². The quantitative estimate of drug-likeness (QED) is 0.608. The third-order valence-electron chi connectivity index (χ3n) is 2.91. The van der Waals surface area contributed by atoms with Crippen LogP contribution in [-0.2, 0) is 12.7 Å². The topological polar surface area (TPSA) is 18.8 Å². The lowest BCUT2D eigenvalue weighted by Crippen LogP contribution is -2.36. The van der Waals surface area contributed by atoms with E-state index in [-0.39, 0.29) is 4.95 Å². The van der Waals surface area contributed by atoms with Gasteiger partial charge in [-0.2, -0.15) is 23.3 Å². The Bertz CT molecular complexity index is 484. The zero-order valence-corrected chi connectivity index (χ0v) is 12.0. The summed E-state index contributed by atoms with van der Waals surface area (Å²) in [5, 5.41) is 7.85. The van der Waals surface area contributed by atoms with Crippen LogP contribution in [0.1, 0.15) is 18.1 Å². The summed E-state index contributed by atoms with van der Waals surface area (Å²) in [7, 11) is 1.80. The molecule has 1 heterocycles. The molecule has 0 N–H and O–H groups in total. The molecular formula is C12H13BrF3N3. The van der Waals surface area contributed by atoms with Crippen LogP contribution in [-0.4, -0.2) is 27.8 Å². The Morgan fingerprint density at radius 2 is 1.84 bits per heavy atom. The second kappa shape index (κ2) is 5.13. The largest absolute Gasteiger partial charge is 0.416 e. The molecule has 2 rings (SSSR count). The summed E-state index contributed by atoms with van der Waals surface area (Å²) in [6.45, 7) is 2.38. The normalized spacial score (nSPS) is 20.8. The molecule has 104 valence electrons. The molecule has 0 bridgehead atoms. The van der Waals surface area contributed by atoms with Crippen molar-refractivity contribution in [2.75, 3.05) is 7.05 Å². The third kappa shape index (κ3) is 3.09. The predicted molar refractivity (Wildman–Crippen MR) is 70.6 cm³/mol. The Balaban J connectivity index is 2.09. The summed E-state index contributed by atoms with van der Waals surface area (Å²) < 4.78 is 37.4. The van der Waals surface area contributed by atoms with Crippen LogP contribution in [0.25, 0.3) is 0 Å². The molecule has 0 aliphatic carbocycles. The van der Waals surface area contributed by atoms with Crippen molar-refractivity contribution in [1.82, 2.24) is 10.1 Å². The van der Waals surface area contributed by atoms with E-state index in [1.165, 1.54) is 12.1 Å². The number of nitrogens with zero attached hydrogens (tertiary/aromatic N) is 3. The number of hydrazone groups is 1. The maximum Gasteiger partial charge on any atom is 0.416 e. The molecule has 1 aromatic carbocycles. The number of hydrazine groups is 1. The summed E-state index contributed by atoms with van der Waals surface area (Å²) >= 11 is 3.49. The highest BCUT2D eigenvalue weighted by Gasteiger charge is 2.31. The van der Waals surface area contributed by atoms with Gasteiger partial charge in [0.05, 0.1) is 11.3 Å². The molecule has 0 aromatic heterocycles. The Hall–Kier alpha value is -1.08. The first-order valence-corrected chi connectivity index (χ1v) is 6.56. The number of rotatable bonds is 2. The van der Waals surface area contributed by atoms with Crippen molar-refractivity contribution in [3.63, 3.8) is 0 Å². The molecule has 19 heavy (non-hydrogen) atoms. The molecule has 0 radical (unpaired) electrons. The molecule has 3 nitrogen and oxygen atoms in total. The molecule has 1 unspecified atom stereocenters. The number of benzene rings is 1. The fraction of sp³-hybridized carbons (Fsp3) is 0.417. The third-order valence-corrected chi connectivity index (χ3v) is 4.04. The van der Waals surface area contributed by atoms with Crippen LogP contribution in [0, 0.1) is 0 Å². The van der Waals surface area contributed by atoms with Gasteiger partial charge in [-0.1, -0.05) is 28.1 Å². The van der Waals surface area contributed by atoms with Gasteiger partial charge in [-0.15, -0.1) is 0 Å². The molecule has 0 saturated carbocycles. The van der Waals surface area contributed by atoms with Gasteiger partial charge in [0.2, 0.25) is 0 Å². The fourth-order valence-electron chi connectivity index (χ4n) is 1.86. The molecule has 0 fully saturated rings. The number of hydrogen-bond donors (Lipinski definition) is 0. The smallest absolute Gasteiger partial charge is 0.229 e. The lowest BCUT2D eigenvalue weighted by molar-refractivity contribution is -0.137. The second-order valence-corrected chi connectivity index (χ2v) is 5.23. The molecule has 7 heteroatoms. The zero-order chi connectivity index (χ0) is 14.2. The highest BCUT2D eigenvalue weighted by Crippen LogP contribution is 2.29. The average Bonchev–Trinajstić information content (AvgIpc) is 2.56. The predicted octanol–water partition coefficient (Wildman–Crippen LogP) is 3.46. The van der Waals surface area contributed by atoms with Crippen LogP contribution in [0.15, 0.2) is 29.4 Å². The number of halogens is 4. The monoisotopic (exact) mass is 335 g/mol. The molecule has 0 spiro atoms. The van der Waals surface area contributed by atoms with Crippen molar-refractivity contribution in [1.29, 1.82) is 0 Å². The van der Waals surface area contributed by atoms with Gasteiger partial charge in [-0.3, -0.25) is 0 Å². The Morgan fingerprint density at radius 1 is 1.26 bits per heavy atom. The summed E-state index contributed by atoms with van der Waals surface area (Å²) in [5.74, 6) is 0. The highest BCUT2D eigenvalue weighted by molar-refractivity contribution is 9.09. The minimum Gasteiger partial charge on any atom is -0.229 e. The Kier molecular flexibility index (Phi) is 3.87. The standard InChI is InChI=1S/C12H13BrF3N3/c1-8-11(13)19(18(2)17-8)7-9-3-5-10(6-4-9)12(14,15)16/h3-6,11H,7H2,1-2H3. The Labute approximate surface area is 117 Å². The SMILES string of the molecule is CC1=NN(C)N(Cc2ccc(C(F)(F)F)cc2)C1Br. The second-order valence-electron chi connectivity index (χ2n) is 4.36. The number of hydrogen-bond acceptors (Lipinski definition) is 3. The van der Waals surface area contributed by atoms with Gasteiger partial charge in [0, 0.05) is 13.6 Å². The van der Waals surface area contributed by atoms with Crippen molar-refractivity contribution in [3.05, 3.63) is 35.4 Å². The van der Waals surface area contributed by atoms with E-state index in [0.29, 0.717) is 6.54 Å². The summed E-state index contributed by atoms with van der Waals surface area (Å²) in [5.41, 5.74) is 1.08. The van der Waals surface area contributed by atoms with Crippen LogP contribution in [0.4, 0.5) is 13.2 Å². The molecular weight excluding hydrogens is 323 g/mol. The first-order valence-electron chi connectivity index (χ1n) is 5.64. The summed E-state index contributed by atoms with van der Waals surface area (Å²) in [6, 6.07) is 5.18. The van der Waals surface area contributed by atoms with Crippen LogP contribution in [0.5, 0.6) is 0 Å². The molecule has 1 aliphatic heterocycles. The van der Waals surface area contributed by atoms with Gasteiger partial charge in [0.25, 0.3) is 0 Å². The van der Waals surface area contributed by atoms with E-state index in [1.54, 1.807) is 12.2 Å². The molecule has 1 aliphatic rings. The molecule has 0 amide bonds. The molecule has 0 saturated heterocycles. The molecule has 1 aromatic rings. The van der Waals surface area contributed by atoms with Crippen LogP contribution < -0.4 is 0 Å². The van der Waals surface area contributed by atoms with Gasteiger partial charge < -0.3 is 0 Å². The number of alkyl halides is 4. The van der Waals surface area contributed by atoms with E-state index >= 15 is 0 Å². The van der Waals surface area contributed by atoms with Crippen molar-refractivity contribution >= 4 is 21.6 Å². The van der Waals surface area contributed by atoms with Gasteiger partial charge in [0.1, 0.15) is 4.95 Å². The molecule has 1 atom stereocenters. The lowest BCUT2D eigenvalue weighted by Gasteiger charge is -2.26. The van der Waals surface area contributed by atoms with E-state index in [1.807, 2.05) is 11.9 Å². The van der Waals surface area contributed by atoms with Crippen molar-refractivity contribution in [3.8, 4) is 0 Å². The maximum atomic E-state index is 12.5. The van der Waals surface area contributed by atoms with Gasteiger partial charge >= 0.3 is 6.18 Å². The Morgan fingerprint density at radius 3 is 2.26 bits per heavy atom. The maximum absolute atomic E-state index is 12.5. The van der Waals surface area contributed by atoms with Gasteiger partial charge in [0.15, 0.2) is 0 Å². The van der Waals surface area contributed by atoms with Gasteiger partial charge in [-0.25, -0.2) is 5.12 Å². The summed E-state index contributed by atoms with van der Waals surface area (Å²) in [4.78, 5) is -0.0280. The van der Waals surface area contributed by atoms with E-state index in [0.717, 1.165) is 23.4 Å². The van der Waals surface area contributed by atoms with E-state index in [2.05, 4.69) is 21.0 Å². The summed E-state index contributed by atoms with van der Waals surface area (Å²) in [6.07, 6.45) is -4.29. The van der Waals surface area contributed by atoms with Crippen molar-refractivity contribution < 1.29 is 13.2 Å². The minimum absolute atomic E-state index is 0.0280. The van der Waals surface area contributed by atoms with E-state index in [4.69, 9.17) is 0 Å². The first kappa shape index (κ1) is 14.3. The van der Waals surface area contributed by atoms with Gasteiger partial charge in [-0.05, 0) is 24.6 Å². The van der Waals surface area contributed by atoms with E-state index < -0.39 is 11.7 Å². The van der Waals surface area contributed by atoms with Crippen LogP contribution >= 0.6 is 15.9 Å². The van der Waals surface area contributed by atoms with Crippen molar-refractivity contribution in [2.24, 2.45) is 5.10 Å². The van der Waals surface area contributed by atoms with Crippen molar-refractivity contribution in [2.45, 2.75) is 24.6 Å². The average molecular weight is 336 g/mol. The first-order chi connectivity index (χ1) is 8.79. The lowest BCUT2D eigenvalue weighted by atomic mass is 10.1. The minimum atomic E-state index is -4.29. The highest BCUT2D eigenvalue weighted by atomic mass is 79.9.